The highest BCUT2D eigenvalue weighted by Gasteiger charge is 2.50. The second-order valence-corrected chi connectivity index (χ2v) is 8.74. The SMILES string of the molecule is CCS(=O)(=O)NCC12CC3CC(CC(C3)C1)C2. The van der Waals surface area contributed by atoms with Crippen LogP contribution in [0.1, 0.15) is 45.4 Å². The van der Waals surface area contributed by atoms with E-state index in [0.717, 1.165) is 17.8 Å². The van der Waals surface area contributed by atoms with Crippen LogP contribution >= 0.6 is 0 Å². The summed E-state index contributed by atoms with van der Waals surface area (Å²) in [6.45, 7) is 2.41. The van der Waals surface area contributed by atoms with Crippen molar-refractivity contribution in [2.24, 2.45) is 23.2 Å². The number of hydrogen-bond donors (Lipinski definition) is 1. The predicted molar refractivity (Wildman–Crippen MR) is 68.1 cm³/mol. The van der Waals surface area contributed by atoms with E-state index in [1.54, 1.807) is 6.92 Å². The third-order valence-corrected chi connectivity index (χ3v) is 6.56. The monoisotopic (exact) mass is 257 g/mol. The molecule has 0 unspecified atom stereocenters. The molecular formula is C13H23NO2S. The van der Waals surface area contributed by atoms with Gasteiger partial charge in [0.25, 0.3) is 0 Å². The summed E-state index contributed by atoms with van der Waals surface area (Å²) < 4.78 is 26.0. The Morgan fingerprint density at radius 3 is 1.94 bits per heavy atom. The van der Waals surface area contributed by atoms with Crippen LogP contribution in [0, 0.1) is 23.2 Å². The molecule has 0 aromatic rings. The van der Waals surface area contributed by atoms with Crippen LogP contribution in [-0.2, 0) is 10.0 Å². The van der Waals surface area contributed by atoms with Crippen molar-refractivity contribution in [1.29, 1.82) is 0 Å². The lowest BCUT2D eigenvalue weighted by molar-refractivity contribution is -0.0487. The van der Waals surface area contributed by atoms with Crippen LogP contribution in [0.5, 0.6) is 0 Å². The Balaban J connectivity index is 1.70. The van der Waals surface area contributed by atoms with Gasteiger partial charge in [-0.1, -0.05) is 0 Å². The molecule has 0 atom stereocenters. The predicted octanol–water partition coefficient (Wildman–Crippen LogP) is 2.14. The fourth-order valence-corrected chi connectivity index (χ4v) is 5.60. The molecule has 0 spiro atoms. The lowest BCUT2D eigenvalue weighted by atomic mass is 9.50. The summed E-state index contributed by atoms with van der Waals surface area (Å²) in [6.07, 6.45) is 8.06. The van der Waals surface area contributed by atoms with Gasteiger partial charge in [0.2, 0.25) is 10.0 Å². The van der Waals surface area contributed by atoms with E-state index < -0.39 is 10.0 Å². The number of hydrogen-bond acceptors (Lipinski definition) is 2. The van der Waals surface area contributed by atoms with Crippen LogP contribution in [0.2, 0.25) is 0 Å². The van der Waals surface area contributed by atoms with E-state index in [4.69, 9.17) is 0 Å². The summed E-state index contributed by atoms with van der Waals surface area (Å²) in [7, 11) is -3.01. The van der Waals surface area contributed by atoms with E-state index in [9.17, 15) is 8.42 Å². The summed E-state index contributed by atoms with van der Waals surface area (Å²) in [4.78, 5) is 0. The first-order chi connectivity index (χ1) is 8.00. The lowest BCUT2D eigenvalue weighted by Gasteiger charge is -2.56. The molecule has 0 heterocycles. The van der Waals surface area contributed by atoms with Crippen LogP contribution in [0.3, 0.4) is 0 Å². The molecule has 98 valence electrons. The van der Waals surface area contributed by atoms with Gasteiger partial charge in [-0.15, -0.1) is 0 Å². The first kappa shape index (κ1) is 12.0. The summed E-state index contributed by atoms with van der Waals surface area (Å²) in [5.41, 5.74) is 0.316. The number of nitrogens with one attached hydrogen (secondary N) is 1. The summed E-state index contributed by atoms with van der Waals surface area (Å²) in [6, 6.07) is 0. The Bertz CT molecular complexity index is 366. The Hall–Kier alpha value is -0.0900. The topological polar surface area (TPSA) is 46.2 Å². The van der Waals surface area contributed by atoms with E-state index in [1.807, 2.05) is 0 Å². The molecule has 4 heteroatoms. The van der Waals surface area contributed by atoms with Gasteiger partial charge in [-0.05, 0) is 68.6 Å². The average molecular weight is 257 g/mol. The van der Waals surface area contributed by atoms with E-state index in [0.29, 0.717) is 12.0 Å². The van der Waals surface area contributed by atoms with Gasteiger partial charge in [-0.2, -0.15) is 0 Å². The normalized spacial score (nSPS) is 44.2. The van der Waals surface area contributed by atoms with Gasteiger partial charge in [0.1, 0.15) is 0 Å². The van der Waals surface area contributed by atoms with Gasteiger partial charge in [-0.25, -0.2) is 13.1 Å². The van der Waals surface area contributed by atoms with E-state index >= 15 is 0 Å². The molecule has 1 N–H and O–H groups in total. The van der Waals surface area contributed by atoms with Crippen LogP contribution in [0.15, 0.2) is 0 Å². The minimum Gasteiger partial charge on any atom is -0.215 e. The number of sulfonamides is 1. The van der Waals surface area contributed by atoms with Gasteiger partial charge in [0, 0.05) is 6.54 Å². The molecule has 0 amide bonds. The molecule has 4 rings (SSSR count). The van der Waals surface area contributed by atoms with Crippen molar-refractivity contribution in [2.45, 2.75) is 45.4 Å². The zero-order valence-corrected chi connectivity index (χ0v) is 11.4. The number of rotatable bonds is 4. The van der Waals surface area contributed by atoms with Crippen molar-refractivity contribution in [1.82, 2.24) is 4.72 Å². The summed E-state index contributed by atoms with van der Waals surface area (Å²) in [5, 5.41) is 0. The van der Waals surface area contributed by atoms with Crippen LogP contribution < -0.4 is 4.72 Å². The lowest BCUT2D eigenvalue weighted by Crippen LogP contribution is -2.51. The molecule has 17 heavy (non-hydrogen) atoms. The average Bonchev–Trinajstić information content (AvgIpc) is 2.25. The molecule has 4 saturated carbocycles. The van der Waals surface area contributed by atoms with Crippen molar-refractivity contribution >= 4 is 10.0 Å². The fourth-order valence-electron chi connectivity index (χ4n) is 4.87. The van der Waals surface area contributed by atoms with Crippen molar-refractivity contribution < 1.29 is 8.42 Å². The minimum atomic E-state index is -3.01. The molecule has 0 aromatic heterocycles. The Labute approximate surface area is 104 Å². The molecular weight excluding hydrogens is 234 g/mol. The molecule has 0 aromatic carbocycles. The zero-order valence-electron chi connectivity index (χ0n) is 10.6. The Kier molecular flexibility index (Phi) is 2.78. The highest BCUT2D eigenvalue weighted by Crippen LogP contribution is 2.59. The van der Waals surface area contributed by atoms with Crippen molar-refractivity contribution in [3.8, 4) is 0 Å². The van der Waals surface area contributed by atoms with E-state index in [1.165, 1.54) is 38.5 Å². The van der Waals surface area contributed by atoms with Crippen LogP contribution in [0.25, 0.3) is 0 Å². The van der Waals surface area contributed by atoms with Crippen molar-refractivity contribution in [3.63, 3.8) is 0 Å². The third kappa shape index (κ3) is 2.26. The van der Waals surface area contributed by atoms with E-state index in [-0.39, 0.29) is 5.75 Å². The second kappa shape index (κ2) is 3.95. The molecule has 3 nitrogen and oxygen atoms in total. The molecule has 4 aliphatic rings. The fraction of sp³-hybridized carbons (Fsp3) is 1.00. The molecule has 4 bridgehead atoms. The first-order valence-corrected chi connectivity index (χ1v) is 8.63. The maximum atomic E-state index is 11.6. The first-order valence-electron chi connectivity index (χ1n) is 6.98. The maximum absolute atomic E-state index is 11.6. The molecule has 0 saturated heterocycles. The van der Waals surface area contributed by atoms with Gasteiger partial charge >= 0.3 is 0 Å². The Morgan fingerprint density at radius 2 is 1.53 bits per heavy atom. The quantitative estimate of drug-likeness (QED) is 0.838. The van der Waals surface area contributed by atoms with Gasteiger partial charge in [-0.3, -0.25) is 0 Å². The Morgan fingerprint density at radius 1 is 1.06 bits per heavy atom. The van der Waals surface area contributed by atoms with Crippen LogP contribution in [-0.4, -0.2) is 20.7 Å². The maximum Gasteiger partial charge on any atom is 0.211 e. The molecule has 4 aliphatic carbocycles. The van der Waals surface area contributed by atoms with Gasteiger partial charge in [0.05, 0.1) is 5.75 Å². The van der Waals surface area contributed by atoms with Crippen LogP contribution in [0.4, 0.5) is 0 Å². The van der Waals surface area contributed by atoms with Crippen molar-refractivity contribution in [2.75, 3.05) is 12.3 Å². The third-order valence-electron chi connectivity index (χ3n) is 5.21. The van der Waals surface area contributed by atoms with Crippen molar-refractivity contribution in [3.05, 3.63) is 0 Å². The second-order valence-electron chi connectivity index (χ2n) is 6.64. The molecule has 0 aliphatic heterocycles. The summed E-state index contributed by atoms with van der Waals surface area (Å²) >= 11 is 0. The smallest absolute Gasteiger partial charge is 0.211 e. The minimum absolute atomic E-state index is 0.208. The molecule has 0 radical (unpaired) electrons. The van der Waals surface area contributed by atoms with E-state index in [2.05, 4.69) is 4.72 Å². The molecule has 4 fully saturated rings. The zero-order chi connectivity index (χ0) is 12.1. The highest BCUT2D eigenvalue weighted by molar-refractivity contribution is 7.89. The van der Waals surface area contributed by atoms with Gasteiger partial charge in [0.15, 0.2) is 0 Å². The largest absolute Gasteiger partial charge is 0.215 e. The summed E-state index contributed by atoms with van der Waals surface area (Å²) in [5.74, 6) is 2.89. The highest BCUT2D eigenvalue weighted by atomic mass is 32.2. The van der Waals surface area contributed by atoms with Gasteiger partial charge < -0.3 is 0 Å². The standard InChI is InChI=1S/C13H23NO2S/c1-2-17(15,16)14-9-13-6-10-3-11(7-13)5-12(4-10)8-13/h10-12,14H,2-9H2,1H3.